The molecule has 2 rings (SSSR count). The van der Waals surface area contributed by atoms with E-state index in [1.807, 2.05) is 18.2 Å². The summed E-state index contributed by atoms with van der Waals surface area (Å²) in [7, 11) is 0. The molecule has 0 bridgehead atoms. The average molecular weight is 282 g/mol. The fourth-order valence-electron chi connectivity index (χ4n) is 1.79. The monoisotopic (exact) mass is 281 g/mol. The third kappa shape index (κ3) is 4.15. The van der Waals surface area contributed by atoms with Crippen LogP contribution in [-0.2, 0) is 0 Å². The zero-order chi connectivity index (χ0) is 13.9. The SMILES string of the molecule is CC(C)(C)NCC=Cc1cc(Cl)c2c(c1)OCCO2. The smallest absolute Gasteiger partial charge is 0.179 e. The lowest BCUT2D eigenvalue weighted by atomic mass is 10.1. The van der Waals surface area contributed by atoms with Crippen molar-refractivity contribution in [1.82, 2.24) is 5.32 Å². The molecule has 104 valence electrons. The van der Waals surface area contributed by atoms with Crippen molar-refractivity contribution < 1.29 is 9.47 Å². The molecule has 4 heteroatoms. The molecule has 19 heavy (non-hydrogen) atoms. The van der Waals surface area contributed by atoms with Gasteiger partial charge >= 0.3 is 0 Å². The summed E-state index contributed by atoms with van der Waals surface area (Å²) in [5.41, 5.74) is 1.14. The Hall–Kier alpha value is -1.19. The summed E-state index contributed by atoms with van der Waals surface area (Å²) in [5, 5.41) is 3.99. The number of hydrogen-bond acceptors (Lipinski definition) is 3. The Kier molecular flexibility index (Phi) is 4.38. The minimum Gasteiger partial charge on any atom is -0.486 e. The van der Waals surface area contributed by atoms with Crippen LogP contribution in [0.15, 0.2) is 18.2 Å². The van der Waals surface area contributed by atoms with Gasteiger partial charge in [-0.25, -0.2) is 0 Å². The number of rotatable bonds is 3. The number of hydrogen-bond donors (Lipinski definition) is 1. The van der Waals surface area contributed by atoms with E-state index in [1.165, 1.54) is 0 Å². The Bertz CT molecular complexity index is 478. The Morgan fingerprint density at radius 2 is 2.00 bits per heavy atom. The summed E-state index contributed by atoms with van der Waals surface area (Å²) in [6, 6.07) is 3.84. The van der Waals surface area contributed by atoms with Crippen LogP contribution in [-0.4, -0.2) is 25.3 Å². The van der Waals surface area contributed by atoms with Crippen molar-refractivity contribution in [2.24, 2.45) is 0 Å². The van der Waals surface area contributed by atoms with Crippen LogP contribution < -0.4 is 14.8 Å². The first-order chi connectivity index (χ1) is 8.96. The van der Waals surface area contributed by atoms with E-state index < -0.39 is 0 Å². The fourth-order valence-corrected chi connectivity index (χ4v) is 2.06. The van der Waals surface area contributed by atoms with Gasteiger partial charge in [0, 0.05) is 12.1 Å². The molecule has 0 unspecified atom stereocenters. The minimum atomic E-state index is 0.120. The molecule has 0 saturated carbocycles. The van der Waals surface area contributed by atoms with Gasteiger partial charge in [-0.15, -0.1) is 0 Å². The van der Waals surface area contributed by atoms with E-state index in [0.717, 1.165) is 17.9 Å². The highest BCUT2D eigenvalue weighted by Gasteiger charge is 2.15. The van der Waals surface area contributed by atoms with Gasteiger partial charge in [-0.3, -0.25) is 0 Å². The lowest BCUT2D eigenvalue weighted by molar-refractivity contribution is 0.171. The standard InChI is InChI=1S/C15H20ClNO2/c1-15(2,3)17-6-4-5-11-9-12(16)14-13(10-11)18-7-8-19-14/h4-5,9-10,17H,6-8H2,1-3H3. The lowest BCUT2D eigenvalue weighted by Crippen LogP contribution is -2.35. The summed E-state index contributed by atoms with van der Waals surface area (Å²) in [4.78, 5) is 0. The molecule has 0 atom stereocenters. The van der Waals surface area contributed by atoms with Gasteiger partial charge < -0.3 is 14.8 Å². The molecule has 3 nitrogen and oxygen atoms in total. The predicted molar refractivity (Wildman–Crippen MR) is 79.2 cm³/mol. The highest BCUT2D eigenvalue weighted by molar-refractivity contribution is 6.32. The van der Waals surface area contributed by atoms with E-state index in [0.29, 0.717) is 24.0 Å². The average Bonchev–Trinajstić information content (AvgIpc) is 2.34. The second-order valence-electron chi connectivity index (χ2n) is 5.56. The minimum absolute atomic E-state index is 0.120. The third-order valence-electron chi connectivity index (χ3n) is 2.68. The van der Waals surface area contributed by atoms with Gasteiger partial charge in [0.05, 0.1) is 5.02 Å². The molecule has 0 amide bonds. The molecule has 1 heterocycles. The van der Waals surface area contributed by atoms with Crippen molar-refractivity contribution in [3.63, 3.8) is 0 Å². The van der Waals surface area contributed by atoms with Crippen LogP contribution in [0.1, 0.15) is 26.3 Å². The van der Waals surface area contributed by atoms with Crippen LogP contribution in [0, 0.1) is 0 Å². The second kappa shape index (κ2) is 5.85. The fraction of sp³-hybridized carbons (Fsp3) is 0.467. The first kappa shape index (κ1) is 14.2. The van der Waals surface area contributed by atoms with Gasteiger partial charge in [-0.1, -0.05) is 23.8 Å². The van der Waals surface area contributed by atoms with E-state index in [1.54, 1.807) is 0 Å². The largest absolute Gasteiger partial charge is 0.486 e. The van der Waals surface area contributed by atoms with Crippen molar-refractivity contribution in [3.8, 4) is 11.5 Å². The van der Waals surface area contributed by atoms with Crippen molar-refractivity contribution in [3.05, 3.63) is 28.8 Å². The number of nitrogens with one attached hydrogen (secondary N) is 1. The summed E-state index contributed by atoms with van der Waals surface area (Å²) in [5.74, 6) is 1.38. The van der Waals surface area contributed by atoms with Gasteiger partial charge in [0.25, 0.3) is 0 Å². The van der Waals surface area contributed by atoms with E-state index in [-0.39, 0.29) is 5.54 Å². The Labute approximate surface area is 119 Å². The summed E-state index contributed by atoms with van der Waals surface area (Å²) in [6.45, 7) is 8.36. The molecule has 1 N–H and O–H groups in total. The normalized spacial score (nSPS) is 14.9. The number of fused-ring (bicyclic) bond motifs is 1. The Morgan fingerprint density at radius 3 is 2.74 bits per heavy atom. The van der Waals surface area contributed by atoms with Crippen LogP contribution >= 0.6 is 11.6 Å². The zero-order valence-electron chi connectivity index (χ0n) is 11.6. The van der Waals surface area contributed by atoms with Crippen LogP contribution in [0.25, 0.3) is 6.08 Å². The molecule has 1 aliphatic heterocycles. The zero-order valence-corrected chi connectivity index (χ0v) is 12.4. The Morgan fingerprint density at radius 1 is 1.26 bits per heavy atom. The van der Waals surface area contributed by atoms with Gasteiger partial charge in [0.1, 0.15) is 13.2 Å². The molecule has 0 aromatic heterocycles. The van der Waals surface area contributed by atoms with Crippen LogP contribution in [0.3, 0.4) is 0 Å². The highest BCUT2D eigenvalue weighted by Crippen LogP contribution is 2.38. The molecule has 0 saturated heterocycles. The maximum atomic E-state index is 6.18. The molecule has 0 radical (unpaired) electrons. The van der Waals surface area contributed by atoms with Crippen molar-refractivity contribution in [2.75, 3.05) is 19.8 Å². The lowest BCUT2D eigenvalue weighted by Gasteiger charge is -2.20. The first-order valence-electron chi connectivity index (χ1n) is 6.46. The third-order valence-corrected chi connectivity index (χ3v) is 2.96. The quantitative estimate of drug-likeness (QED) is 0.920. The molecule has 1 aliphatic rings. The summed E-state index contributed by atoms with van der Waals surface area (Å²) < 4.78 is 11.0. The van der Waals surface area contributed by atoms with Crippen LogP contribution in [0.5, 0.6) is 11.5 Å². The number of halogens is 1. The first-order valence-corrected chi connectivity index (χ1v) is 6.84. The van der Waals surface area contributed by atoms with E-state index in [9.17, 15) is 0 Å². The highest BCUT2D eigenvalue weighted by atomic mass is 35.5. The van der Waals surface area contributed by atoms with Crippen LogP contribution in [0.2, 0.25) is 5.02 Å². The van der Waals surface area contributed by atoms with Gasteiger partial charge in [-0.2, -0.15) is 0 Å². The van der Waals surface area contributed by atoms with Crippen molar-refractivity contribution in [1.29, 1.82) is 0 Å². The maximum absolute atomic E-state index is 6.18. The molecular weight excluding hydrogens is 262 g/mol. The van der Waals surface area contributed by atoms with E-state index in [4.69, 9.17) is 21.1 Å². The molecule has 0 fully saturated rings. The van der Waals surface area contributed by atoms with Gasteiger partial charge in [0.2, 0.25) is 0 Å². The van der Waals surface area contributed by atoms with E-state index in [2.05, 4.69) is 32.2 Å². The van der Waals surface area contributed by atoms with Gasteiger partial charge in [-0.05, 0) is 38.5 Å². The van der Waals surface area contributed by atoms with Crippen molar-refractivity contribution in [2.45, 2.75) is 26.3 Å². The second-order valence-corrected chi connectivity index (χ2v) is 5.97. The molecule has 1 aromatic carbocycles. The summed E-state index contributed by atoms with van der Waals surface area (Å²) in [6.07, 6.45) is 4.11. The molecule has 0 spiro atoms. The number of benzene rings is 1. The number of ether oxygens (including phenoxy) is 2. The molecule has 0 aliphatic carbocycles. The predicted octanol–water partition coefficient (Wildman–Crippen LogP) is 3.51. The topological polar surface area (TPSA) is 30.5 Å². The van der Waals surface area contributed by atoms with Crippen LogP contribution in [0.4, 0.5) is 0 Å². The van der Waals surface area contributed by atoms with Crippen molar-refractivity contribution >= 4 is 17.7 Å². The molecular formula is C15H20ClNO2. The summed E-state index contributed by atoms with van der Waals surface area (Å²) >= 11 is 6.18. The van der Waals surface area contributed by atoms with E-state index >= 15 is 0 Å². The van der Waals surface area contributed by atoms with Gasteiger partial charge in [0.15, 0.2) is 11.5 Å². The molecule has 1 aromatic rings. The maximum Gasteiger partial charge on any atom is 0.179 e. The Balaban J connectivity index is 2.05.